The van der Waals surface area contributed by atoms with Crippen LogP contribution < -0.4 is 17.0 Å². The van der Waals surface area contributed by atoms with Gasteiger partial charge >= 0.3 is 18.6 Å². The summed E-state index contributed by atoms with van der Waals surface area (Å²) in [5.74, 6) is -0.375. The number of aliphatic hydroxyl groups is 2. The third-order valence-electron chi connectivity index (χ3n) is 7.13. The van der Waals surface area contributed by atoms with E-state index in [4.69, 9.17) is 38.5 Å². The standard InChI is InChI=1S/C25H34N7O13PS/c1-12(2)42-25(37)40-11-47-46(38,45-19-14(7-33)44-23(20(19)39-3)31-5-4-16(35)30-24(31)36)41-8-15-13(34)6-17(43-15)32-10-29-18-21(26)27-9-28-22(18)32/h4-5,9-10,12-15,17,19-20,23,33-34H,6-8,11H2,1-3H3,(H2,26,27,28)(H,30,35,36)/t13-,14-,15-,17-,19+,20?,23-,46?/m1/s1. The number of H-pyrrole nitrogens is 1. The van der Waals surface area contributed by atoms with E-state index in [1.807, 2.05) is 0 Å². The lowest BCUT2D eigenvalue weighted by Gasteiger charge is -2.28. The molecule has 0 saturated carbocycles. The predicted molar refractivity (Wildman–Crippen MR) is 161 cm³/mol. The molecular formula is C25H34N7O13PS. The van der Waals surface area contributed by atoms with Crippen LogP contribution in [-0.2, 0) is 37.3 Å². The first-order chi connectivity index (χ1) is 22.4. The number of anilines is 1. The summed E-state index contributed by atoms with van der Waals surface area (Å²) >= 11 is 0.476. The molecule has 258 valence electrons. The predicted octanol–water partition coefficient (Wildman–Crippen LogP) is 0.274. The molecule has 8 atom stereocenters. The average Bonchev–Trinajstić information content (AvgIpc) is 3.71. The molecule has 22 heteroatoms. The van der Waals surface area contributed by atoms with Crippen molar-refractivity contribution >= 4 is 41.3 Å². The Morgan fingerprint density at radius 2 is 2.00 bits per heavy atom. The minimum absolute atomic E-state index is 0.0935. The Morgan fingerprint density at radius 1 is 1.21 bits per heavy atom. The van der Waals surface area contributed by atoms with Crippen LogP contribution in [0.5, 0.6) is 0 Å². The van der Waals surface area contributed by atoms with E-state index in [0.29, 0.717) is 22.5 Å². The van der Waals surface area contributed by atoms with Crippen molar-refractivity contribution in [1.82, 2.24) is 29.1 Å². The summed E-state index contributed by atoms with van der Waals surface area (Å²) in [6.45, 7) is -2.26. The molecule has 0 bridgehead atoms. The van der Waals surface area contributed by atoms with Gasteiger partial charge in [0.25, 0.3) is 5.56 Å². The van der Waals surface area contributed by atoms with Gasteiger partial charge in [-0.25, -0.2) is 29.1 Å². The molecule has 20 nitrogen and oxygen atoms in total. The molecule has 5 rings (SSSR count). The van der Waals surface area contributed by atoms with Gasteiger partial charge in [-0.2, -0.15) is 0 Å². The summed E-state index contributed by atoms with van der Waals surface area (Å²) in [4.78, 5) is 50.5. The van der Waals surface area contributed by atoms with Gasteiger partial charge in [0.05, 0.1) is 31.7 Å². The van der Waals surface area contributed by atoms with Crippen LogP contribution >= 0.6 is 18.2 Å². The second-order valence-electron chi connectivity index (χ2n) is 10.6. The maximum absolute atomic E-state index is 14.2. The number of carbonyl (C=O) groups excluding carboxylic acids is 1. The number of hydrogen-bond acceptors (Lipinski definition) is 18. The highest BCUT2D eigenvalue weighted by molar-refractivity contribution is 8.55. The Kier molecular flexibility index (Phi) is 11.0. The molecule has 0 spiro atoms. The monoisotopic (exact) mass is 703 g/mol. The van der Waals surface area contributed by atoms with Gasteiger partial charge in [0.2, 0.25) is 0 Å². The molecule has 0 amide bonds. The Morgan fingerprint density at radius 3 is 2.70 bits per heavy atom. The number of nitrogens with one attached hydrogen (secondary N) is 1. The normalized spacial score (nSPS) is 27.3. The van der Waals surface area contributed by atoms with Gasteiger partial charge in [0.15, 0.2) is 23.6 Å². The lowest BCUT2D eigenvalue weighted by atomic mass is 10.1. The van der Waals surface area contributed by atoms with Crippen LogP contribution in [0.3, 0.4) is 0 Å². The molecule has 0 aliphatic carbocycles. The molecule has 2 aliphatic heterocycles. The highest BCUT2D eigenvalue weighted by Gasteiger charge is 2.51. The summed E-state index contributed by atoms with van der Waals surface area (Å²) in [7, 11) is 1.28. The number of nitrogens with zero attached hydrogens (tertiary/aromatic N) is 5. The number of nitrogen functional groups attached to an aromatic ring is 1. The van der Waals surface area contributed by atoms with E-state index in [0.717, 1.165) is 10.6 Å². The lowest BCUT2D eigenvalue weighted by Crippen LogP contribution is -2.39. The first-order valence-electron chi connectivity index (χ1n) is 14.2. The third kappa shape index (κ3) is 7.85. The molecule has 47 heavy (non-hydrogen) atoms. The number of fused-ring (bicyclic) bond motifs is 1. The van der Waals surface area contributed by atoms with E-state index in [2.05, 4.69) is 19.9 Å². The quantitative estimate of drug-likeness (QED) is 0.106. The summed E-state index contributed by atoms with van der Waals surface area (Å²) in [5.41, 5.74) is 5.13. The molecule has 2 saturated heterocycles. The fourth-order valence-electron chi connectivity index (χ4n) is 4.98. The highest BCUT2D eigenvalue weighted by atomic mass is 32.7. The molecule has 5 heterocycles. The number of nitrogens with two attached hydrogens (primary N) is 1. The van der Waals surface area contributed by atoms with Crippen LogP contribution in [0.25, 0.3) is 11.2 Å². The van der Waals surface area contributed by atoms with Gasteiger partial charge in [-0.15, -0.1) is 0 Å². The first-order valence-corrected chi connectivity index (χ1v) is 17.3. The van der Waals surface area contributed by atoms with Crippen molar-refractivity contribution in [2.24, 2.45) is 0 Å². The molecule has 5 N–H and O–H groups in total. The maximum atomic E-state index is 14.2. The van der Waals surface area contributed by atoms with Crippen molar-refractivity contribution in [2.45, 2.75) is 69.3 Å². The van der Waals surface area contributed by atoms with E-state index < -0.39 is 92.4 Å². The second kappa shape index (κ2) is 14.8. The van der Waals surface area contributed by atoms with Crippen molar-refractivity contribution in [2.75, 3.05) is 32.0 Å². The van der Waals surface area contributed by atoms with E-state index in [1.165, 1.54) is 26.0 Å². The number of ether oxygens (including phenoxy) is 5. The number of carbonyl (C=O) groups is 1. The van der Waals surface area contributed by atoms with Crippen LogP contribution in [0, 0.1) is 0 Å². The first kappa shape index (κ1) is 34.9. The lowest BCUT2D eigenvalue weighted by molar-refractivity contribution is -0.0625. The van der Waals surface area contributed by atoms with E-state index in [1.54, 1.807) is 18.4 Å². The molecule has 0 aromatic carbocycles. The maximum Gasteiger partial charge on any atom is 0.509 e. The smallest absolute Gasteiger partial charge is 0.432 e. The third-order valence-corrected chi connectivity index (χ3v) is 10.5. The summed E-state index contributed by atoms with van der Waals surface area (Å²) in [6.07, 6.45) is -5.23. The fourth-order valence-corrected chi connectivity index (χ4v) is 7.77. The SMILES string of the molecule is COC1[C@@H](OP(=O)(OC[C@H]2O[C@@H](n3cnc4c(N)ncnc43)C[C@H]2O)SCOC(=O)OC(C)C)[C@@H](CO)O[C@H]1n1ccc(=O)[nH]c1=O. The van der Waals surface area contributed by atoms with Crippen molar-refractivity contribution in [3.05, 3.63) is 45.8 Å². The largest absolute Gasteiger partial charge is 0.509 e. The van der Waals surface area contributed by atoms with Crippen LogP contribution in [0.2, 0.25) is 0 Å². The number of hydrogen-bond donors (Lipinski definition) is 4. The zero-order valence-electron chi connectivity index (χ0n) is 25.3. The van der Waals surface area contributed by atoms with Gasteiger partial charge in [-0.1, -0.05) is 0 Å². The molecule has 0 radical (unpaired) electrons. The van der Waals surface area contributed by atoms with Crippen molar-refractivity contribution in [3.63, 3.8) is 0 Å². The van der Waals surface area contributed by atoms with Gasteiger partial charge in [-0.05, 0) is 13.8 Å². The molecule has 2 fully saturated rings. The van der Waals surface area contributed by atoms with Crippen LogP contribution in [0.1, 0.15) is 32.7 Å². The van der Waals surface area contributed by atoms with Crippen molar-refractivity contribution < 1.29 is 52.3 Å². The van der Waals surface area contributed by atoms with Crippen LogP contribution in [0.15, 0.2) is 34.5 Å². The van der Waals surface area contributed by atoms with Crippen molar-refractivity contribution in [1.29, 1.82) is 0 Å². The van der Waals surface area contributed by atoms with E-state index >= 15 is 0 Å². The minimum Gasteiger partial charge on any atom is -0.432 e. The van der Waals surface area contributed by atoms with Crippen molar-refractivity contribution in [3.8, 4) is 0 Å². The van der Waals surface area contributed by atoms with E-state index in [-0.39, 0.29) is 12.2 Å². The molecular weight excluding hydrogens is 669 g/mol. The topological polar surface area (TPSA) is 264 Å². The van der Waals surface area contributed by atoms with Gasteiger partial charge in [0.1, 0.15) is 42.5 Å². The fraction of sp³-hybridized carbons (Fsp3) is 0.600. The Bertz CT molecular complexity index is 1720. The van der Waals surface area contributed by atoms with Gasteiger partial charge in [0, 0.05) is 37.2 Å². The van der Waals surface area contributed by atoms with E-state index in [9.17, 15) is 29.2 Å². The molecule has 2 aliphatic rings. The number of aromatic nitrogens is 6. The minimum atomic E-state index is -4.38. The number of aliphatic hydroxyl groups excluding tert-OH is 2. The average molecular weight is 704 g/mol. The number of rotatable bonds is 13. The number of aromatic amines is 1. The Hall–Kier alpha value is -3.40. The Labute approximate surface area is 269 Å². The molecule has 3 aromatic heterocycles. The summed E-state index contributed by atoms with van der Waals surface area (Å²) in [6, 6.07) is 1.09. The number of methoxy groups -OCH3 is 1. The Balaban J connectivity index is 1.34. The second-order valence-corrected chi connectivity index (χ2v) is 14.6. The van der Waals surface area contributed by atoms with Gasteiger partial charge < -0.3 is 39.6 Å². The highest BCUT2D eigenvalue weighted by Crippen LogP contribution is 2.63. The molecule has 2 unspecified atom stereocenters. The summed E-state index contributed by atoms with van der Waals surface area (Å²) < 4.78 is 55.8. The number of imidazole rings is 1. The summed E-state index contributed by atoms with van der Waals surface area (Å²) in [5, 5.41) is 20.9. The zero-order valence-corrected chi connectivity index (χ0v) is 27.0. The van der Waals surface area contributed by atoms with Crippen LogP contribution in [-0.4, -0.2) is 108 Å². The molecule has 3 aromatic rings. The van der Waals surface area contributed by atoms with Crippen LogP contribution in [0.4, 0.5) is 10.6 Å². The van der Waals surface area contributed by atoms with Gasteiger partial charge in [-0.3, -0.25) is 28.0 Å². The zero-order chi connectivity index (χ0) is 33.9.